The van der Waals surface area contributed by atoms with E-state index in [1.807, 2.05) is 18.5 Å². The fourth-order valence-electron chi connectivity index (χ4n) is 2.97. The molecule has 1 N–H and O–H groups in total. The topological polar surface area (TPSA) is 33.0 Å². The Morgan fingerprint density at radius 3 is 2.60 bits per heavy atom. The van der Waals surface area contributed by atoms with E-state index in [2.05, 4.69) is 5.32 Å². The van der Waals surface area contributed by atoms with E-state index >= 15 is 0 Å². The van der Waals surface area contributed by atoms with Crippen molar-refractivity contribution < 1.29 is 22.5 Å². The van der Waals surface area contributed by atoms with Crippen molar-refractivity contribution in [2.45, 2.75) is 38.4 Å². The third-order valence-electron chi connectivity index (χ3n) is 4.24. The highest BCUT2D eigenvalue weighted by Crippen LogP contribution is 2.33. The lowest BCUT2D eigenvalue weighted by molar-refractivity contribution is -0.684. The SMILES string of the molecule is O=C(C[n+]1ccc2c(c1)CCCC2)Nc1cc(C(F)(F)F)ccc1Cl. The van der Waals surface area contributed by atoms with Gasteiger partial charge in [0.25, 0.3) is 5.91 Å². The average molecular weight is 370 g/mol. The van der Waals surface area contributed by atoms with E-state index in [0.29, 0.717) is 0 Å². The van der Waals surface area contributed by atoms with Crippen LogP contribution < -0.4 is 9.88 Å². The zero-order valence-electron chi connectivity index (χ0n) is 13.4. The molecule has 0 radical (unpaired) electrons. The largest absolute Gasteiger partial charge is 0.416 e. The summed E-state index contributed by atoms with van der Waals surface area (Å²) in [4.78, 5) is 12.2. The van der Waals surface area contributed by atoms with Gasteiger partial charge in [0.05, 0.1) is 16.3 Å². The van der Waals surface area contributed by atoms with Gasteiger partial charge in [-0.15, -0.1) is 0 Å². The number of aromatic nitrogens is 1. The third-order valence-corrected chi connectivity index (χ3v) is 4.57. The smallest absolute Gasteiger partial charge is 0.319 e. The van der Waals surface area contributed by atoms with Gasteiger partial charge < -0.3 is 5.32 Å². The van der Waals surface area contributed by atoms with Crippen LogP contribution in [0.25, 0.3) is 0 Å². The molecule has 132 valence electrons. The maximum atomic E-state index is 12.8. The van der Waals surface area contributed by atoms with Crippen molar-refractivity contribution in [3.05, 3.63) is 58.4 Å². The first kappa shape index (κ1) is 17.7. The number of benzene rings is 1. The highest BCUT2D eigenvalue weighted by Gasteiger charge is 2.31. The highest BCUT2D eigenvalue weighted by molar-refractivity contribution is 6.33. The van der Waals surface area contributed by atoms with Gasteiger partial charge in [-0.2, -0.15) is 17.7 Å². The van der Waals surface area contributed by atoms with Crippen molar-refractivity contribution in [3.63, 3.8) is 0 Å². The fourth-order valence-corrected chi connectivity index (χ4v) is 3.13. The Kier molecular flexibility index (Phi) is 4.99. The van der Waals surface area contributed by atoms with Crippen molar-refractivity contribution in [1.29, 1.82) is 0 Å². The van der Waals surface area contributed by atoms with E-state index in [0.717, 1.165) is 37.5 Å². The molecule has 3 rings (SSSR count). The predicted molar refractivity (Wildman–Crippen MR) is 88.4 cm³/mol. The first-order valence-electron chi connectivity index (χ1n) is 8.00. The van der Waals surface area contributed by atoms with E-state index in [1.165, 1.54) is 17.5 Å². The molecule has 0 aliphatic heterocycles. The lowest BCUT2D eigenvalue weighted by atomic mass is 9.93. The Bertz CT molecular complexity index is 805. The summed E-state index contributed by atoms with van der Waals surface area (Å²) < 4.78 is 40.1. The third kappa shape index (κ3) is 4.31. The van der Waals surface area contributed by atoms with Gasteiger partial charge in [0.2, 0.25) is 6.54 Å². The second kappa shape index (κ2) is 7.04. The zero-order chi connectivity index (χ0) is 18.0. The number of carbonyl (C=O) groups is 1. The number of amides is 1. The van der Waals surface area contributed by atoms with Crippen LogP contribution in [0.5, 0.6) is 0 Å². The van der Waals surface area contributed by atoms with Gasteiger partial charge in [0, 0.05) is 11.6 Å². The molecule has 1 heterocycles. The number of alkyl halides is 3. The molecule has 0 bridgehead atoms. The van der Waals surface area contributed by atoms with Gasteiger partial charge in [-0.05, 0) is 49.4 Å². The number of pyridine rings is 1. The van der Waals surface area contributed by atoms with Crippen LogP contribution in [0, 0.1) is 0 Å². The second-order valence-corrected chi connectivity index (χ2v) is 6.52. The van der Waals surface area contributed by atoms with E-state index in [1.54, 1.807) is 4.57 Å². The summed E-state index contributed by atoms with van der Waals surface area (Å²) in [6.07, 6.45) is 3.59. The van der Waals surface area contributed by atoms with Crippen LogP contribution in [-0.4, -0.2) is 5.91 Å². The molecular formula is C18H17ClF3N2O+. The summed E-state index contributed by atoms with van der Waals surface area (Å²) in [7, 11) is 0. The van der Waals surface area contributed by atoms with E-state index in [9.17, 15) is 18.0 Å². The van der Waals surface area contributed by atoms with Crippen molar-refractivity contribution >= 4 is 23.2 Å². The molecule has 0 atom stereocenters. The summed E-state index contributed by atoms with van der Waals surface area (Å²) in [5.41, 5.74) is 1.62. The molecule has 0 spiro atoms. The number of nitrogens with one attached hydrogen (secondary N) is 1. The monoisotopic (exact) mass is 369 g/mol. The Morgan fingerprint density at radius 1 is 1.16 bits per heavy atom. The minimum atomic E-state index is -4.49. The Labute approximate surface area is 148 Å². The predicted octanol–water partition coefficient (Wildman–Crippen LogP) is 4.16. The maximum absolute atomic E-state index is 12.8. The Balaban J connectivity index is 1.73. The standard InChI is InChI=1S/C18H16ClF3N2O/c19-15-6-5-14(18(20,21)22)9-16(15)23-17(25)11-24-8-7-12-3-1-2-4-13(12)10-24/h5-10H,1-4,11H2/p+1. The summed E-state index contributed by atoms with van der Waals surface area (Å²) in [5.74, 6) is -0.429. The molecule has 3 nitrogen and oxygen atoms in total. The van der Waals surface area contributed by atoms with Crippen LogP contribution in [0.1, 0.15) is 29.5 Å². The minimum absolute atomic E-state index is 0.0137. The second-order valence-electron chi connectivity index (χ2n) is 6.12. The van der Waals surface area contributed by atoms with Crippen molar-refractivity contribution in [1.82, 2.24) is 0 Å². The molecule has 0 fully saturated rings. The molecule has 2 aromatic rings. The first-order chi connectivity index (χ1) is 11.8. The average Bonchev–Trinajstić information content (AvgIpc) is 2.55. The lowest BCUT2D eigenvalue weighted by Crippen LogP contribution is -2.40. The van der Waals surface area contributed by atoms with Crippen LogP contribution >= 0.6 is 11.6 Å². The number of aryl methyl sites for hydroxylation is 2. The summed E-state index contributed by atoms with van der Waals surface area (Å²) in [6, 6.07) is 4.86. The van der Waals surface area contributed by atoms with Crippen molar-refractivity contribution in [2.75, 3.05) is 5.32 Å². The van der Waals surface area contributed by atoms with Gasteiger partial charge in [-0.1, -0.05) is 11.6 Å². The Morgan fingerprint density at radius 2 is 1.88 bits per heavy atom. The van der Waals surface area contributed by atoms with Crippen molar-refractivity contribution in [3.8, 4) is 0 Å². The molecule has 1 aliphatic carbocycles. The lowest BCUT2D eigenvalue weighted by Gasteiger charge is -2.13. The van der Waals surface area contributed by atoms with Gasteiger partial charge >= 0.3 is 6.18 Å². The molecule has 0 saturated carbocycles. The molecule has 1 aliphatic rings. The first-order valence-corrected chi connectivity index (χ1v) is 8.38. The molecule has 1 amide bonds. The summed E-state index contributed by atoms with van der Waals surface area (Å²) >= 11 is 5.90. The highest BCUT2D eigenvalue weighted by atomic mass is 35.5. The number of fused-ring (bicyclic) bond motifs is 1. The fraction of sp³-hybridized carbons (Fsp3) is 0.333. The number of halogens is 4. The van der Waals surface area contributed by atoms with Gasteiger partial charge in [-0.25, -0.2) is 0 Å². The number of hydrogen-bond acceptors (Lipinski definition) is 1. The normalized spacial score (nSPS) is 14.1. The molecule has 7 heteroatoms. The molecular weight excluding hydrogens is 353 g/mol. The van der Waals surface area contributed by atoms with E-state index in [-0.39, 0.29) is 17.3 Å². The quantitative estimate of drug-likeness (QED) is 0.809. The van der Waals surface area contributed by atoms with Crippen LogP contribution in [0.3, 0.4) is 0 Å². The number of carbonyl (C=O) groups excluding carboxylic acids is 1. The Hall–Kier alpha value is -2.08. The summed E-state index contributed by atoms with van der Waals surface area (Å²) in [6.45, 7) is 0.0137. The van der Waals surface area contributed by atoms with Gasteiger partial charge in [-0.3, -0.25) is 4.79 Å². The van der Waals surface area contributed by atoms with E-state index < -0.39 is 17.6 Å². The van der Waals surface area contributed by atoms with Gasteiger partial charge in [0.15, 0.2) is 12.4 Å². The van der Waals surface area contributed by atoms with Crippen LogP contribution in [0.15, 0.2) is 36.7 Å². The molecule has 25 heavy (non-hydrogen) atoms. The van der Waals surface area contributed by atoms with Crippen LogP contribution in [0.2, 0.25) is 5.02 Å². The molecule has 1 aromatic carbocycles. The van der Waals surface area contributed by atoms with Crippen molar-refractivity contribution in [2.24, 2.45) is 0 Å². The van der Waals surface area contributed by atoms with E-state index in [4.69, 9.17) is 11.6 Å². The minimum Gasteiger partial charge on any atom is -0.319 e. The molecule has 0 unspecified atom stereocenters. The number of anilines is 1. The molecule has 0 saturated heterocycles. The number of nitrogens with zero attached hydrogens (tertiary/aromatic N) is 1. The molecule has 1 aromatic heterocycles. The zero-order valence-corrected chi connectivity index (χ0v) is 14.1. The van der Waals surface area contributed by atoms with Crippen LogP contribution in [0.4, 0.5) is 18.9 Å². The van der Waals surface area contributed by atoms with Gasteiger partial charge in [0.1, 0.15) is 0 Å². The summed E-state index contributed by atoms with van der Waals surface area (Å²) in [5, 5.41) is 2.53. The number of hydrogen-bond donors (Lipinski definition) is 1. The van der Waals surface area contributed by atoms with Crippen LogP contribution in [-0.2, 0) is 30.4 Å². The number of rotatable bonds is 3. The maximum Gasteiger partial charge on any atom is 0.416 e.